The Hall–Kier alpha value is -1.38. The van der Waals surface area contributed by atoms with Gasteiger partial charge in [0, 0.05) is 28.5 Å². The zero-order valence-corrected chi connectivity index (χ0v) is 15.9. The Bertz CT molecular complexity index is 748. The molecule has 1 aliphatic carbocycles. The summed E-state index contributed by atoms with van der Waals surface area (Å²) in [5.74, 6) is 1.32. The first-order valence-corrected chi connectivity index (χ1v) is 10.6. The molecule has 6 nitrogen and oxygen atoms in total. The highest BCUT2D eigenvalue weighted by Gasteiger charge is 2.25. The first kappa shape index (κ1) is 17.1. The quantitative estimate of drug-likeness (QED) is 0.750. The number of hydrogen-bond acceptors (Lipinski definition) is 6. The maximum atomic E-state index is 12.0. The number of thiophene rings is 1. The lowest BCUT2D eigenvalue weighted by atomic mass is 10.2. The van der Waals surface area contributed by atoms with Gasteiger partial charge in [0.2, 0.25) is 5.91 Å². The zero-order chi connectivity index (χ0) is 17.2. The third-order valence-corrected chi connectivity index (χ3v) is 6.22. The van der Waals surface area contributed by atoms with Gasteiger partial charge in [0.05, 0.1) is 18.4 Å². The van der Waals surface area contributed by atoms with Gasteiger partial charge in [-0.2, -0.15) is 0 Å². The van der Waals surface area contributed by atoms with E-state index in [-0.39, 0.29) is 12.0 Å². The van der Waals surface area contributed by atoms with Crippen molar-refractivity contribution >= 4 is 29.0 Å². The Morgan fingerprint density at radius 3 is 3.00 bits per heavy atom. The van der Waals surface area contributed by atoms with E-state index in [1.807, 2.05) is 0 Å². The summed E-state index contributed by atoms with van der Waals surface area (Å²) >= 11 is 3.16. The van der Waals surface area contributed by atoms with Crippen molar-refractivity contribution in [3.8, 4) is 11.4 Å². The van der Waals surface area contributed by atoms with Crippen LogP contribution in [0.5, 0.6) is 0 Å². The molecule has 2 fully saturated rings. The monoisotopic (exact) mass is 378 g/mol. The Morgan fingerprint density at radius 1 is 1.44 bits per heavy atom. The summed E-state index contributed by atoms with van der Waals surface area (Å²) in [4.78, 5) is 13.2. The minimum absolute atomic E-state index is 0.0760. The number of ether oxygens (including phenoxy) is 1. The lowest BCUT2D eigenvalue weighted by molar-refractivity contribution is -0.118. The second kappa shape index (κ2) is 7.47. The smallest absolute Gasteiger partial charge is 0.230 e. The lowest BCUT2D eigenvalue weighted by Gasteiger charge is -2.14. The van der Waals surface area contributed by atoms with Crippen molar-refractivity contribution in [1.29, 1.82) is 0 Å². The number of thioether (sulfide) groups is 1. The Balaban J connectivity index is 1.52. The maximum absolute atomic E-state index is 12.0. The molecule has 0 radical (unpaired) electrons. The second-order valence-corrected chi connectivity index (χ2v) is 8.69. The van der Waals surface area contributed by atoms with Crippen LogP contribution in [0, 0.1) is 6.92 Å². The average Bonchev–Trinajstić information content (AvgIpc) is 3.00. The third kappa shape index (κ3) is 4.24. The molecule has 0 aromatic carbocycles. The number of amides is 1. The standard InChI is InChI=1S/C17H22N4O2S2/c1-11-7-12(9-24-11)16-19-20-17(21(16)8-14-3-2-6-23-14)25-10-15(22)18-13-4-5-13/h7,9,13-14H,2-6,8,10H2,1H3,(H,18,22). The van der Waals surface area contributed by atoms with E-state index >= 15 is 0 Å². The van der Waals surface area contributed by atoms with Crippen molar-refractivity contribution in [2.45, 2.75) is 56.5 Å². The molecule has 8 heteroatoms. The van der Waals surface area contributed by atoms with E-state index in [9.17, 15) is 4.79 Å². The van der Waals surface area contributed by atoms with Crippen LogP contribution in [0.1, 0.15) is 30.6 Å². The topological polar surface area (TPSA) is 69.0 Å². The molecular weight excluding hydrogens is 356 g/mol. The van der Waals surface area contributed by atoms with Gasteiger partial charge in [0.15, 0.2) is 11.0 Å². The molecular formula is C17H22N4O2S2. The van der Waals surface area contributed by atoms with E-state index < -0.39 is 0 Å². The molecule has 1 atom stereocenters. The van der Waals surface area contributed by atoms with Crippen LogP contribution >= 0.6 is 23.1 Å². The molecule has 3 heterocycles. The van der Waals surface area contributed by atoms with Gasteiger partial charge in [-0.05, 0) is 38.7 Å². The molecule has 0 spiro atoms. The SMILES string of the molecule is Cc1cc(-c2nnc(SCC(=O)NC3CC3)n2CC2CCCO2)cs1. The highest BCUT2D eigenvalue weighted by molar-refractivity contribution is 7.99. The van der Waals surface area contributed by atoms with Gasteiger partial charge in [-0.3, -0.25) is 9.36 Å². The molecule has 1 N–H and O–H groups in total. The van der Waals surface area contributed by atoms with Crippen LogP contribution < -0.4 is 5.32 Å². The first-order valence-electron chi connectivity index (χ1n) is 8.71. The van der Waals surface area contributed by atoms with Crippen molar-refractivity contribution < 1.29 is 9.53 Å². The highest BCUT2D eigenvalue weighted by Crippen LogP contribution is 2.29. The number of nitrogens with one attached hydrogen (secondary N) is 1. The summed E-state index contributed by atoms with van der Waals surface area (Å²) in [7, 11) is 0. The van der Waals surface area contributed by atoms with Crippen LogP contribution in [-0.2, 0) is 16.1 Å². The summed E-state index contributed by atoms with van der Waals surface area (Å²) in [5, 5.41) is 14.7. The van der Waals surface area contributed by atoms with Gasteiger partial charge in [0.25, 0.3) is 0 Å². The van der Waals surface area contributed by atoms with Gasteiger partial charge < -0.3 is 10.1 Å². The van der Waals surface area contributed by atoms with Crippen molar-refractivity contribution in [3.05, 3.63) is 16.3 Å². The summed E-state index contributed by atoms with van der Waals surface area (Å²) in [6, 6.07) is 2.52. The molecule has 25 heavy (non-hydrogen) atoms. The summed E-state index contributed by atoms with van der Waals surface area (Å²) in [6.45, 7) is 3.66. The molecule has 0 bridgehead atoms. The van der Waals surface area contributed by atoms with Crippen LogP contribution in [0.3, 0.4) is 0 Å². The highest BCUT2D eigenvalue weighted by atomic mass is 32.2. The molecule has 1 saturated carbocycles. The largest absolute Gasteiger partial charge is 0.376 e. The fraction of sp³-hybridized carbons (Fsp3) is 0.588. The van der Waals surface area contributed by atoms with E-state index in [1.165, 1.54) is 16.6 Å². The number of rotatable bonds is 7. The van der Waals surface area contributed by atoms with Crippen LogP contribution in [0.2, 0.25) is 0 Å². The molecule has 2 aliphatic rings. The van der Waals surface area contributed by atoms with E-state index in [2.05, 4.69) is 38.5 Å². The number of carbonyl (C=O) groups excluding carboxylic acids is 1. The molecule has 134 valence electrons. The lowest BCUT2D eigenvalue weighted by Crippen LogP contribution is -2.27. The van der Waals surface area contributed by atoms with Crippen molar-refractivity contribution in [1.82, 2.24) is 20.1 Å². The molecule has 1 unspecified atom stereocenters. The number of carbonyl (C=O) groups is 1. The number of aromatic nitrogens is 3. The molecule has 1 aliphatic heterocycles. The molecule has 2 aromatic heterocycles. The molecule has 1 saturated heterocycles. The van der Waals surface area contributed by atoms with Crippen LogP contribution in [-0.4, -0.2) is 45.2 Å². The molecule has 2 aromatic rings. The van der Waals surface area contributed by atoms with Crippen molar-refractivity contribution in [2.24, 2.45) is 0 Å². The third-order valence-electron chi connectivity index (χ3n) is 4.39. The van der Waals surface area contributed by atoms with Crippen LogP contribution in [0.25, 0.3) is 11.4 Å². The molecule has 4 rings (SSSR count). The Morgan fingerprint density at radius 2 is 2.32 bits per heavy atom. The minimum atomic E-state index is 0.0760. The number of aryl methyl sites for hydroxylation is 1. The summed E-state index contributed by atoms with van der Waals surface area (Å²) < 4.78 is 7.92. The fourth-order valence-corrected chi connectivity index (χ4v) is 4.39. The zero-order valence-electron chi connectivity index (χ0n) is 14.2. The predicted molar refractivity (Wildman–Crippen MR) is 98.9 cm³/mol. The maximum Gasteiger partial charge on any atom is 0.230 e. The first-order chi connectivity index (χ1) is 12.2. The average molecular weight is 379 g/mol. The van der Waals surface area contributed by atoms with Gasteiger partial charge in [-0.25, -0.2) is 0 Å². The van der Waals surface area contributed by atoms with E-state index in [1.54, 1.807) is 11.3 Å². The van der Waals surface area contributed by atoms with Gasteiger partial charge >= 0.3 is 0 Å². The van der Waals surface area contributed by atoms with Crippen molar-refractivity contribution in [3.63, 3.8) is 0 Å². The predicted octanol–water partition coefficient (Wildman–Crippen LogP) is 2.86. The summed E-state index contributed by atoms with van der Waals surface area (Å²) in [6.07, 6.45) is 4.58. The summed E-state index contributed by atoms with van der Waals surface area (Å²) in [5.41, 5.74) is 1.09. The number of hydrogen-bond donors (Lipinski definition) is 1. The van der Waals surface area contributed by atoms with Crippen LogP contribution in [0.15, 0.2) is 16.6 Å². The molecule has 1 amide bonds. The van der Waals surface area contributed by atoms with E-state index in [0.29, 0.717) is 11.8 Å². The van der Waals surface area contributed by atoms with Crippen LogP contribution in [0.4, 0.5) is 0 Å². The second-order valence-electron chi connectivity index (χ2n) is 6.63. The van der Waals surface area contributed by atoms with E-state index in [4.69, 9.17) is 4.74 Å². The Labute approximate surface area is 155 Å². The minimum Gasteiger partial charge on any atom is -0.376 e. The normalized spacial score (nSPS) is 20.1. The van der Waals surface area contributed by atoms with Gasteiger partial charge in [-0.1, -0.05) is 11.8 Å². The number of nitrogens with zero attached hydrogens (tertiary/aromatic N) is 3. The fourth-order valence-electron chi connectivity index (χ4n) is 2.95. The van der Waals surface area contributed by atoms with E-state index in [0.717, 1.165) is 55.4 Å². The van der Waals surface area contributed by atoms with Gasteiger partial charge in [0.1, 0.15) is 0 Å². The Kier molecular flexibility index (Phi) is 5.10. The van der Waals surface area contributed by atoms with Crippen molar-refractivity contribution in [2.75, 3.05) is 12.4 Å². The van der Waals surface area contributed by atoms with Gasteiger partial charge in [-0.15, -0.1) is 21.5 Å².